The van der Waals surface area contributed by atoms with Gasteiger partial charge >= 0.3 is 5.91 Å². The highest BCUT2D eigenvalue weighted by Crippen LogP contribution is 2.24. The van der Waals surface area contributed by atoms with Crippen molar-refractivity contribution >= 4 is 33.9 Å². The predicted molar refractivity (Wildman–Crippen MR) is 100.0 cm³/mol. The number of nitrogens with one attached hydrogen (secondary N) is 1. The summed E-state index contributed by atoms with van der Waals surface area (Å²) in [5, 5.41) is 7.25. The number of carbonyl (C=O) groups excluding carboxylic acids is 1. The van der Waals surface area contributed by atoms with E-state index in [9.17, 15) is 4.79 Å². The molecule has 0 radical (unpaired) electrons. The number of hydrogen-bond acceptors (Lipinski definition) is 3. The number of carbonyl (C=O) groups is 1. The van der Waals surface area contributed by atoms with Gasteiger partial charge in [0.15, 0.2) is 5.76 Å². The van der Waals surface area contributed by atoms with Crippen LogP contribution in [-0.2, 0) is 0 Å². The van der Waals surface area contributed by atoms with Crippen molar-refractivity contribution < 1.29 is 9.21 Å². The van der Waals surface area contributed by atoms with E-state index in [4.69, 9.17) is 4.42 Å². The van der Waals surface area contributed by atoms with Gasteiger partial charge in [-0.1, -0.05) is 60.7 Å². The van der Waals surface area contributed by atoms with Gasteiger partial charge in [0, 0.05) is 16.5 Å². The minimum Gasteiger partial charge on any atom is -0.451 e. The fraction of sp³-hybridized carbons (Fsp3) is 0.0476. The molecule has 1 N–H and O–H groups in total. The Morgan fingerprint density at radius 2 is 1.68 bits per heavy atom. The molecule has 4 heteroatoms. The molecule has 0 spiro atoms. The summed E-state index contributed by atoms with van der Waals surface area (Å²) in [5.41, 5.74) is 5.01. The van der Waals surface area contributed by atoms with Crippen molar-refractivity contribution in [3.63, 3.8) is 0 Å². The van der Waals surface area contributed by atoms with Gasteiger partial charge in [0.2, 0.25) is 0 Å². The monoisotopic (exact) mass is 328 g/mol. The smallest absolute Gasteiger partial charge is 0.307 e. The highest BCUT2D eigenvalue weighted by molar-refractivity contribution is 6.01. The molecule has 1 heterocycles. The van der Waals surface area contributed by atoms with Crippen molar-refractivity contribution in [3.05, 3.63) is 83.6 Å². The minimum absolute atomic E-state index is 0.288. The van der Waals surface area contributed by atoms with Crippen LogP contribution >= 0.6 is 0 Å². The van der Waals surface area contributed by atoms with E-state index in [0.717, 1.165) is 27.3 Å². The number of benzene rings is 3. The number of hydrazone groups is 1. The first kappa shape index (κ1) is 15.1. The Labute approximate surface area is 144 Å². The lowest BCUT2D eigenvalue weighted by molar-refractivity contribution is 0.0929. The van der Waals surface area contributed by atoms with E-state index in [1.807, 2.05) is 73.7 Å². The van der Waals surface area contributed by atoms with Crippen molar-refractivity contribution in [3.8, 4) is 0 Å². The first-order valence-electron chi connectivity index (χ1n) is 8.03. The molecule has 4 nitrogen and oxygen atoms in total. The van der Waals surface area contributed by atoms with Gasteiger partial charge in [-0.3, -0.25) is 4.79 Å². The summed E-state index contributed by atoms with van der Waals surface area (Å²) < 4.78 is 5.65. The summed E-state index contributed by atoms with van der Waals surface area (Å²) in [6, 6.07) is 21.6. The van der Waals surface area contributed by atoms with Crippen LogP contribution in [0.25, 0.3) is 21.7 Å². The SMILES string of the molecule is Cc1c(C(=O)N/N=C\c2cccc3ccccc23)oc2ccccc12. The van der Waals surface area contributed by atoms with Crippen molar-refractivity contribution in [2.75, 3.05) is 0 Å². The van der Waals surface area contributed by atoms with Crippen LogP contribution < -0.4 is 5.43 Å². The standard InChI is InChI=1S/C21H16N2O2/c1-14-17-10-4-5-12-19(17)25-20(14)21(24)23-22-13-16-9-6-8-15-7-2-3-11-18(15)16/h2-13H,1H3,(H,23,24)/b22-13-. The second-order valence-electron chi connectivity index (χ2n) is 5.82. The lowest BCUT2D eigenvalue weighted by atomic mass is 10.1. The molecule has 122 valence electrons. The molecule has 0 aliphatic heterocycles. The van der Waals surface area contributed by atoms with E-state index in [2.05, 4.69) is 10.5 Å². The van der Waals surface area contributed by atoms with Gasteiger partial charge in [-0.2, -0.15) is 5.10 Å². The first-order chi connectivity index (χ1) is 12.2. The first-order valence-corrected chi connectivity index (χ1v) is 8.03. The van der Waals surface area contributed by atoms with E-state index in [0.29, 0.717) is 5.58 Å². The summed E-state index contributed by atoms with van der Waals surface area (Å²) in [6.45, 7) is 1.87. The third-order valence-corrected chi connectivity index (χ3v) is 4.24. The maximum Gasteiger partial charge on any atom is 0.307 e. The Morgan fingerprint density at radius 1 is 0.960 bits per heavy atom. The van der Waals surface area contributed by atoms with Crippen LogP contribution in [0.3, 0.4) is 0 Å². The molecular formula is C21H16N2O2. The molecule has 0 saturated heterocycles. The Balaban J connectivity index is 1.58. The number of fused-ring (bicyclic) bond motifs is 2. The van der Waals surface area contributed by atoms with Gasteiger partial charge in [-0.25, -0.2) is 5.43 Å². The Kier molecular flexibility index (Phi) is 3.78. The number of rotatable bonds is 3. The highest BCUT2D eigenvalue weighted by atomic mass is 16.3. The fourth-order valence-electron chi connectivity index (χ4n) is 2.97. The summed E-state index contributed by atoms with van der Waals surface area (Å²) >= 11 is 0. The largest absolute Gasteiger partial charge is 0.451 e. The van der Waals surface area contributed by atoms with Gasteiger partial charge in [-0.15, -0.1) is 0 Å². The van der Waals surface area contributed by atoms with Crippen molar-refractivity contribution in [1.29, 1.82) is 0 Å². The third kappa shape index (κ3) is 2.78. The molecule has 0 aliphatic rings. The number of nitrogens with zero attached hydrogens (tertiary/aromatic N) is 1. The second kappa shape index (κ2) is 6.24. The van der Waals surface area contributed by atoms with Crippen LogP contribution in [0.2, 0.25) is 0 Å². The topological polar surface area (TPSA) is 54.6 Å². The molecule has 0 bridgehead atoms. The highest BCUT2D eigenvalue weighted by Gasteiger charge is 2.16. The van der Waals surface area contributed by atoms with Gasteiger partial charge in [0.05, 0.1) is 6.21 Å². The average molecular weight is 328 g/mol. The number of para-hydroxylation sites is 1. The Hall–Kier alpha value is -3.40. The molecule has 0 unspecified atom stereocenters. The zero-order valence-electron chi connectivity index (χ0n) is 13.7. The normalized spacial score (nSPS) is 11.4. The molecule has 4 rings (SSSR count). The molecule has 25 heavy (non-hydrogen) atoms. The van der Waals surface area contributed by atoms with E-state index in [1.165, 1.54) is 0 Å². The van der Waals surface area contributed by atoms with Gasteiger partial charge in [-0.05, 0) is 23.8 Å². The van der Waals surface area contributed by atoms with E-state index in [1.54, 1.807) is 6.21 Å². The fourth-order valence-corrected chi connectivity index (χ4v) is 2.97. The summed E-state index contributed by atoms with van der Waals surface area (Å²) in [4.78, 5) is 12.4. The van der Waals surface area contributed by atoms with Crippen molar-refractivity contribution in [2.45, 2.75) is 6.92 Å². The van der Waals surface area contributed by atoms with Gasteiger partial charge in [0.25, 0.3) is 0 Å². The van der Waals surface area contributed by atoms with Crippen LogP contribution in [0.15, 0.2) is 76.2 Å². The summed E-state index contributed by atoms with van der Waals surface area (Å²) in [7, 11) is 0. The Bertz CT molecular complexity index is 1100. The molecule has 0 saturated carbocycles. The maximum atomic E-state index is 12.4. The molecule has 0 fully saturated rings. The number of amides is 1. The molecule has 0 atom stereocenters. The predicted octanol–water partition coefficient (Wildman–Crippen LogP) is 4.66. The molecule has 4 aromatic rings. The summed E-state index contributed by atoms with van der Waals surface area (Å²) in [6.07, 6.45) is 1.65. The van der Waals surface area contributed by atoms with E-state index >= 15 is 0 Å². The third-order valence-electron chi connectivity index (χ3n) is 4.24. The lowest BCUT2D eigenvalue weighted by Gasteiger charge is -2.01. The van der Waals surface area contributed by atoms with Crippen LogP contribution in [0, 0.1) is 6.92 Å². The molecule has 0 aliphatic carbocycles. The quantitative estimate of drug-likeness (QED) is 0.439. The van der Waals surface area contributed by atoms with E-state index < -0.39 is 0 Å². The van der Waals surface area contributed by atoms with E-state index in [-0.39, 0.29) is 11.7 Å². The van der Waals surface area contributed by atoms with Gasteiger partial charge < -0.3 is 4.42 Å². The molecular weight excluding hydrogens is 312 g/mol. The van der Waals surface area contributed by atoms with Crippen molar-refractivity contribution in [1.82, 2.24) is 5.43 Å². The summed E-state index contributed by atoms with van der Waals surface area (Å²) in [5.74, 6) is -0.0681. The molecule has 1 amide bonds. The van der Waals surface area contributed by atoms with Crippen LogP contribution in [0.1, 0.15) is 21.7 Å². The average Bonchev–Trinajstić information content (AvgIpc) is 2.99. The number of furan rings is 1. The number of hydrogen-bond donors (Lipinski definition) is 1. The maximum absolute atomic E-state index is 12.4. The zero-order valence-corrected chi connectivity index (χ0v) is 13.7. The van der Waals surface area contributed by atoms with Crippen molar-refractivity contribution in [2.24, 2.45) is 5.10 Å². The molecule has 1 aromatic heterocycles. The second-order valence-corrected chi connectivity index (χ2v) is 5.82. The van der Waals surface area contributed by atoms with Gasteiger partial charge in [0.1, 0.15) is 5.58 Å². The van der Waals surface area contributed by atoms with Crippen LogP contribution in [0.4, 0.5) is 0 Å². The van der Waals surface area contributed by atoms with Crippen LogP contribution in [-0.4, -0.2) is 12.1 Å². The molecule has 3 aromatic carbocycles. The number of aryl methyl sites for hydroxylation is 1. The lowest BCUT2D eigenvalue weighted by Crippen LogP contribution is -2.17. The minimum atomic E-state index is -0.356. The zero-order chi connectivity index (χ0) is 17.2. The van der Waals surface area contributed by atoms with Crippen LogP contribution in [0.5, 0.6) is 0 Å². The Morgan fingerprint density at radius 3 is 2.52 bits per heavy atom.